The maximum atomic E-state index is 5.48. The first-order chi connectivity index (χ1) is 5.82. The van der Waals surface area contributed by atoms with Crippen LogP contribution < -0.4 is 0 Å². The van der Waals surface area contributed by atoms with Gasteiger partial charge in [0, 0.05) is 45.3 Å². The Balaban J connectivity index is 0.000000845. The van der Waals surface area contributed by atoms with Crippen LogP contribution in [0.4, 0.5) is 0 Å². The van der Waals surface area contributed by atoms with Crippen LogP contribution in [0.1, 0.15) is 0 Å². The Kier molecular flexibility index (Phi) is 4.24. The summed E-state index contributed by atoms with van der Waals surface area (Å²) in [6.07, 6.45) is -0.0393. The van der Waals surface area contributed by atoms with E-state index in [9.17, 15) is 0 Å². The molecule has 2 heterocycles. The normalized spacial score (nSPS) is 42.0. The molecule has 4 nitrogen and oxygen atoms in total. The van der Waals surface area contributed by atoms with Gasteiger partial charge in [0.25, 0.3) is 0 Å². The summed E-state index contributed by atoms with van der Waals surface area (Å²) in [7, 11) is 3.32. The monoisotopic (exact) mass is 411 g/mol. The van der Waals surface area contributed by atoms with Gasteiger partial charge in [0.05, 0.1) is 19.3 Å². The molecule has 2 aliphatic heterocycles. The van der Waals surface area contributed by atoms with Crippen LogP contribution in [-0.2, 0) is 18.9 Å². The van der Waals surface area contributed by atoms with Gasteiger partial charge in [0.2, 0.25) is 0 Å². The molecule has 1 unspecified atom stereocenters. The Morgan fingerprint density at radius 1 is 1.54 bits per heavy atom. The predicted molar refractivity (Wildman–Crippen MR) is 40.5 cm³/mol. The van der Waals surface area contributed by atoms with Gasteiger partial charge in [-0.1, -0.05) is 0 Å². The first kappa shape index (κ1) is 12.0. The molecule has 2 rings (SSSR count). The third-order valence-electron chi connectivity index (χ3n) is 2.42. The van der Waals surface area contributed by atoms with Gasteiger partial charge < -0.3 is 18.9 Å². The maximum Gasteiger partial charge on any atom is 0.109 e. The van der Waals surface area contributed by atoms with E-state index in [1.54, 1.807) is 20.8 Å². The molecule has 0 aliphatic carbocycles. The Morgan fingerprint density at radius 3 is 2.77 bits per heavy atom. The van der Waals surface area contributed by atoms with E-state index in [0.29, 0.717) is 13.2 Å². The van der Waals surface area contributed by atoms with Crippen LogP contribution in [0.25, 0.3) is 0 Å². The van der Waals surface area contributed by atoms with E-state index in [0.717, 1.165) is 0 Å². The van der Waals surface area contributed by atoms with Crippen molar-refractivity contribution in [2.75, 3.05) is 27.4 Å². The fourth-order valence-corrected chi connectivity index (χ4v) is 1.87. The zero-order valence-electron chi connectivity index (χ0n) is 7.78. The van der Waals surface area contributed by atoms with Gasteiger partial charge >= 0.3 is 0 Å². The SMILES string of the molecule is COC[C@@]12CO[C@H]([CH-]O1)C2OC.[U]. The van der Waals surface area contributed by atoms with E-state index in [-0.39, 0.29) is 43.3 Å². The summed E-state index contributed by atoms with van der Waals surface area (Å²) >= 11 is 0. The Bertz CT molecular complexity index is 168. The average Bonchev–Trinajstić information content (AvgIpc) is 2.58. The second-order valence-electron chi connectivity index (χ2n) is 3.18. The van der Waals surface area contributed by atoms with Crippen LogP contribution in [-0.4, -0.2) is 45.2 Å². The number of ether oxygens (including phenoxy) is 4. The zero-order valence-corrected chi connectivity index (χ0v) is 11.9. The molecule has 3 atom stereocenters. The maximum absolute atomic E-state index is 5.48. The molecule has 0 aromatic carbocycles. The molecule has 0 saturated carbocycles. The van der Waals surface area contributed by atoms with Crippen LogP contribution >= 0.6 is 0 Å². The minimum Gasteiger partial charge on any atom is -0.540 e. The summed E-state index contributed by atoms with van der Waals surface area (Å²) in [6.45, 7) is 2.76. The largest absolute Gasteiger partial charge is 0.540 e. The van der Waals surface area contributed by atoms with E-state index in [2.05, 4.69) is 0 Å². The molecule has 0 amide bonds. The molecule has 0 spiro atoms. The molecule has 2 saturated heterocycles. The number of methoxy groups -OCH3 is 2. The number of hydrogen-bond acceptors (Lipinski definition) is 4. The molecule has 74 valence electrons. The average molecular weight is 411 g/mol. The fraction of sp³-hybridized carbons (Fsp3) is 0.875. The van der Waals surface area contributed by atoms with Gasteiger partial charge in [-0.15, -0.1) is 0 Å². The van der Waals surface area contributed by atoms with E-state index >= 15 is 0 Å². The number of fused-ring (bicyclic) bond motifs is 2. The van der Waals surface area contributed by atoms with E-state index < -0.39 is 5.60 Å². The predicted octanol–water partition coefficient (Wildman–Crippen LogP) is -0.0226. The van der Waals surface area contributed by atoms with Crippen molar-refractivity contribution in [3.8, 4) is 0 Å². The molecular formula is C8H13O4U-. The quantitative estimate of drug-likeness (QED) is 0.612. The smallest absolute Gasteiger partial charge is 0.109 e. The van der Waals surface area contributed by atoms with Gasteiger partial charge in [-0.25, -0.2) is 0 Å². The molecule has 13 heavy (non-hydrogen) atoms. The summed E-state index contributed by atoms with van der Waals surface area (Å²) in [6, 6.07) is 0. The standard InChI is InChI=1S/C8H13O4.U/c1-9-4-8-5-11-6(3-12-8)7(8)10-2;/h3,6-7H,4-5H2,1-2H3;/q-1;/t6-,7?,8+;/m1./s1. The Labute approximate surface area is 102 Å². The first-order valence-electron chi connectivity index (χ1n) is 3.97. The van der Waals surface area contributed by atoms with Gasteiger partial charge in [-0.2, -0.15) is 6.61 Å². The van der Waals surface area contributed by atoms with Crippen molar-refractivity contribution in [2.24, 2.45) is 0 Å². The minimum atomic E-state index is -0.395. The van der Waals surface area contributed by atoms with Crippen LogP contribution in [0, 0.1) is 37.7 Å². The van der Waals surface area contributed by atoms with Gasteiger partial charge in [0.1, 0.15) is 5.60 Å². The van der Waals surface area contributed by atoms with E-state index in [4.69, 9.17) is 18.9 Å². The fourth-order valence-electron chi connectivity index (χ4n) is 1.87. The Morgan fingerprint density at radius 2 is 2.31 bits per heavy atom. The summed E-state index contributed by atoms with van der Waals surface area (Å²) in [5, 5.41) is 0. The van der Waals surface area contributed by atoms with Crippen molar-refractivity contribution in [2.45, 2.75) is 17.8 Å². The van der Waals surface area contributed by atoms with Crippen molar-refractivity contribution >= 4 is 0 Å². The molecule has 2 fully saturated rings. The van der Waals surface area contributed by atoms with Crippen molar-refractivity contribution in [1.29, 1.82) is 0 Å². The van der Waals surface area contributed by atoms with Crippen LogP contribution in [0.3, 0.4) is 0 Å². The minimum absolute atomic E-state index is 0. The molecular weight excluding hydrogens is 398 g/mol. The van der Waals surface area contributed by atoms with Gasteiger partial charge in [0.15, 0.2) is 0 Å². The van der Waals surface area contributed by atoms with Gasteiger partial charge in [-0.3, -0.25) is 0 Å². The molecule has 0 radical (unpaired) electrons. The molecule has 0 aromatic rings. The number of hydrogen-bond donors (Lipinski definition) is 0. The van der Waals surface area contributed by atoms with Crippen LogP contribution in [0.5, 0.6) is 0 Å². The summed E-state index contributed by atoms with van der Waals surface area (Å²) in [5.41, 5.74) is -0.395. The second kappa shape index (κ2) is 4.61. The van der Waals surface area contributed by atoms with Crippen molar-refractivity contribution in [1.82, 2.24) is 0 Å². The summed E-state index contributed by atoms with van der Waals surface area (Å²) in [5.74, 6) is 0. The Hall–Kier alpha value is 0.892. The topological polar surface area (TPSA) is 36.9 Å². The van der Waals surface area contributed by atoms with Crippen molar-refractivity contribution < 1.29 is 50.1 Å². The van der Waals surface area contributed by atoms with Gasteiger partial charge in [-0.05, 0) is 6.10 Å². The molecule has 0 N–H and O–H groups in total. The molecule has 2 aliphatic rings. The molecule has 5 heteroatoms. The van der Waals surface area contributed by atoms with Crippen LogP contribution in [0.2, 0.25) is 0 Å². The zero-order chi connectivity index (χ0) is 8.60. The second-order valence-corrected chi connectivity index (χ2v) is 3.18. The molecule has 0 aromatic heterocycles. The first-order valence-corrected chi connectivity index (χ1v) is 3.97. The molecule has 2 bridgehead atoms. The van der Waals surface area contributed by atoms with E-state index in [1.165, 1.54) is 0 Å². The summed E-state index contributed by atoms with van der Waals surface area (Å²) in [4.78, 5) is 0. The van der Waals surface area contributed by atoms with E-state index in [1.807, 2.05) is 0 Å². The summed E-state index contributed by atoms with van der Waals surface area (Å²) < 4.78 is 21.3. The van der Waals surface area contributed by atoms with Crippen LogP contribution in [0.15, 0.2) is 0 Å². The third kappa shape index (κ3) is 1.83. The van der Waals surface area contributed by atoms with Crippen molar-refractivity contribution in [3.05, 3.63) is 6.61 Å². The third-order valence-corrected chi connectivity index (χ3v) is 2.42. The number of rotatable bonds is 3. The van der Waals surface area contributed by atoms with Crippen molar-refractivity contribution in [3.63, 3.8) is 0 Å².